The summed E-state index contributed by atoms with van der Waals surface area (Å²) in [5.41, 5.74) is 8.89. The summed E-state index contributed by atoms with van der Waals surface area (Å²) in [5, 5.41) is 5.52. The number of piperidine rings is 1. The molecule has 1 saturated heterocycles. The first-order chi connectivity index (χ1) is 17.5. The van der Waals surface area contributed by atoms with Crippen molar-refractivity contribution in [1.82, 2.24) is 14.7 Å². The van der Waals surface area contributed by atoms with E-state index < -0.39 is 0 Å². The number of nitrogens with two attached hydrogens (primary N) is 1. The lowest BCUT2D eigenvalue weighted by molar-refractivity contribution is -0.123. The predicted molar refractivity (Wildman–Crippen MR) is 142 cm³/mol. The van der Waals surface area contributed by atoms with Gasteiger partial charge in [0.2, 0.25) is 5.91 Å². The molecule has 9 heteroatoms. The van der Waals surface area contributed by atoms with Crippen LogP contribution in [0.5, 0.6) is 5.75 Å². The van der Waals surface area contributed by atoms with Crippen molar-refractivity contribution in [3.05, 3.63) is 71.3 Å². The summed E-state index contributed by atoms with van der Waals surface area (Å²) in [6.45, 7) is 3.86. The number of aliphatic imine (C=N–C) groups is 1. The Morgan fingerprint density at radius 3 is 2.53 bits per heavy atom. The topological polar surface area (TPSA) is 103 Å². The molecule has 2 amide bonds. The number of carbonyl (C=O) groups is 2. The van der Waals surface area contributed by atoms with Gasteiger partial charge in [-0.2, -0.15) is 10.1 Å². The first-order valence-electron chi connectivity index (χ1n) is 12.0. The third-order valence-corrected chi connectivity index (χ3v) is 7.31. The van der Waals surface area contributed by atoms with Gasteiger partial charge in [-0.1, -0.05) is 18.2 Å². The van der Waals surface area contributed by atoms with E-state index in [0.29, 0.717) is 42.6 Å². The number of benzene rings is 2. The van der Waals surface area contributed by atoms with Crippen molar-refractivity contribution < 1.29 is 14.3 Å². The van der Waals surface area contributed by atoms with Gasteiger partial charge in [0.15, 0.2) is 5.17 Å². The van der Waals surface area contributed by atoms with Crippen molar-refractivity contribution in [1.29, 1.82) is 0 Å². The molecule has 36 heavy (non-hydrogen) atoms. The first-order valence-corrected chi connectivity index (χ1v) is 12.8. The van der Waals surface area contributed by atoms with E-state index in [4.69, 9.17) is 15.6 Å². The molecule has 2 N–H and O–H groups in total. The molecule has 0 bridgehead atoms. The molecule has 1 fully saturated rings. The number of thioether (sulfide) groups is 1. The van der Waals surface area contributed by atoms with Gasteiger partial charge in [0.1, 0.15) is 5.75 Å². The molecule has 0 spiro atoms. The number of amidine groups is 1. The maximum atomic E-state index is 12.8. The molecule has 3 aromatic rings. The van der Waals surface area contributed by atoms with Crippen molar-refractivity contribution in [2.45, 2.75) is 19.8 Å². The average Bonchev–Trinajstić information content (AvgIpc) is 3.49. The lowest BCUT2D eigenvalue weighted by Gasteiger charge is -2.31. The monoisotopic (exact) mass is 501 g/mol. The fourth-order valence-electron chi connectivity index (χ4n) is 4.34. The quantitative estimate of drug-likeness (QED) is 0.510. The van der Waals surface area contributed by atoms with Gasteiger partial charge in [-0.25, -0.2) is 4.68 Å². The highest BCUT2D eigenvalue weighted by Gasteiger charge is 2.31. The van der Waals surface area contributed by atoms with Crippen LogP contribution in [0.4, 0.5) is 0 Å². The zero-order valence-electron chi connectivity index (χ0n) is 20.0. The maximum Gasteiger partial charge on any atom is 0.286 e. The number of amides is 2. The van der Waals surface area contributed by atoms with Crippen LogP contribution in [-0.2, 0) is 9.59 Å². The SMILES string of the molecule is CCOc1ccc(-c2nn(-c3ccccc3)cc2/C=C2\SC(N3CCC(C(N)=O)CC3)=NC2=O)cc1. The molecule has 2 aromatic carbocycles. The molecule has 8 nitrogen and oxygen atoms in total. The molecule has 0 radical (unpaired) electrons. The van der Waals surface area contributed by atoms with E-state index in [9.17, 15) is 9.59 Å². The van der Waals surface area contributed by atoms with Crippen molar-refractivity contribution in [2.75, 3.05) is 19.7 Å². The molecule has 2 aliphatic heterocycles. The molecular weight excluding hydrogens is 474 g/mol. The summed E-state index contributed by atoms with van der Waals surface area (Å²) in [6, 6.07) is 17.6. The van der Waals surface area contributed by atoms with Gasteiger partial charge >= 0.3 is 0 Å². The zero-order valence-corrected chi connectivity index (χ0v) is 20.8. The van der Waals surface area contributed by atoms with E-state index >= 15 is 0 Å². The van der Waals surface area contributed by atoms with Crippen LogP contribution >= 0.6 is 11.8 Å². The molecule has 184 valence electrons. The van der Waals surface area contributed by atoms with E-state index in [1.165, 1.54) is 11.8 Å². The summed E-state index contributed by atoms with van der Waals surface area (Å²) < 4.78 is 7.40. The Kier molecular flexibility index (Phi) is 6.90. The Balaban J connectivity index is 1.43. The van der Waals surface area contributed by atoms with Crippen LogP contribution in [-0.4, -0.2) is 51.4 Å². The largest absolute Gasteiger partial charge is 0.494 e. The molecule has 0 atom stereocenters. The standard InChI is InChI=1S/C27H27N5O3S/c1-2-35-22-10-8-18(9-11-22)24-20(17-32(30-24)21-6-4-3-5-7-21)16-23-26(34)29-27(36-23)31-14-12-19(13-15-31)25(28)33/h3-11,16-17,19H,2,12-15H2,1H3,(H2,28,33)/b23-16-. The Hall–Kier alpha value is -3.85. The van der Waals surface area contributed by atoms with Crippen LogP contribution in [0.15, 0.2) is 70.7 Å². The Morgan fingerprint density at radius 1 is 1.14 bits per heavy atom. The second kappa shape index (κ2) is 10.4. The molecule has 0 unspecified atom stereocenters. The number of ether oxygens (including phenoxy) is 1. The van der Waals surface area contributed by atoms with Gasteiger partial charge in [-0.05, 0) is 74.0 Å². The van der Waals surface area contributed by atoms with Crippen molar-refractivity contribution >= 4 is 34.8 Å². The number of hydrogen-bond donors (Lipinski definition) is 1. The molecular formula is C27H27N5O3S. The average molecular weight is 502 g/mol. The Labute approximate surface area is 213 Å². The van der Waals surface area contributed by atoms with E-state index in [1.807, 2.05) is 78.5 Å². The van der Waals surface area contributed by atoms with E-state index in [0.717, 1.165) is 28.3 Å². The van der Waals surface area contributed by atoms with Gasteiger partial charge in [0.05, 0.1) is 22.9 Å². The van der Waals surface area contributed by atoms with Gasteiger partial charge in [-0.3, -0.25) is 9.59 Å². The lowest BCUT2D eigenvalue weighted by atomic mass is 9.97. The highest BCUT2D eigenvalue weighted by Crippen LogP contribution is 2.34. The zero-order chi connectivity index (χ0) is 25.1. The van der Waals surface area contributed by atoms with Crippen LogP contribution in [0.25, 0.3) is 23.0 Å². The fraction of sp³-hybridized carbons (Fsp3) is 0.259. The molecule has 2 aliphatic rings. The van der Waals surface area contributed by atoms with E-state index in [2.05, 4.69) is 9.89 Å². The minimum Gasteiger partial charge on any atom is -0.494 e. The minimum absolute atomic E-state index is 0.112. The van der Waals surface area contributed by atoms with Crippen LogP contribution in [0.1, 0.15) is 25.3 Å². The number of nitrogens with zero attached hydrogens (tertiary/aromatic N) is 4. The number of carbonyl (C=O) groups excluding carboxylic acids is 2. The fourth-order valence-corrected chi connectivity index (χ4v) is 5.29. The summed E-state index contributed by atoms with van der Waals surface area (Å²) >= 11 is 1.36. The number of hydrogen-bond acceptors (Lipinski definition) is 6. The lowest BCUT2D eigenvalue weighted by Crippen LogP contribution is -2.40. The summed E-state index contributed by atoms with van der Waals surface area (Å²) in [4.78, 5) is 31.2. The van der Waals surface area contributed by atoms with Crippen molar-refractivity contribution in [3.8, 4) is 22.7 Å². The minimum atomic E-state index is -0.267. The molecule has 5 rings (SSSR count). The first kappa shape index (κ1) is 23.9. The summed E-state index contributed by atoms with van der Waals surface area (Å²) in [7, 11) is 0. The third-order valence-electron chi connectivity index (χ3n) is 6.27. The second-order valence-electron chi connectivity index (χ2n) is 8.64. The maximum absolute atomic E-state index is 12.8. The highest BCUT2D eigenvalue weighted by atomic mass is 32.2. The molecule has 1 aromatic heterocycles. The normalized spacial score (nSPS) is 17.5. The van der Waals surface area contributed by atoms with Crippen molar-refractivity contribution in [2.24, 2.45) is 16.6 Å². The number of primary amides is 1. The van der Waals surface area contributed by atoms with Gasteiger partial charge < -0.3 is 15.4 Å². The smallest absolute Gasteiger partial charge is 0.286 e. The summed E-state index contributed by atoms with van der Waals surface area (Å²) in [5.74, 6) is 0.157. The van der Waals surface area contributed by atoms with Gasteiger partial charge in [0, 0.05) is 36.3 Å². The predicted octanol–water partition coefficient (Wildman–Crippen LogP) is 4.11. The summed E-state index contributed by atoms with van der Waals surface area (Å²) in [6.07, 6.45) is 5.14. The highest BCUT2D eigenvalue weighted by molar-refractivity contribution is 8.18. The van der Waals surface area contributed by atoms with Crippen LogP contribution in [0.3, 0.4) is 0 Å². The van der Waals surface area contributed by atoms with Gasteiger partial charge in [-0.15, -0.1) is 0 Å². The van der Waals surface area contributed by atoms with Crippen LogP contribution in [0.2, 0.25) is 0 Å². The number of rotatable bonds is 6. The van der Waals surface area contributed by atoms with Crippen LogP contribution < -0.4 is 10.5 Å². The Bertz CT molecular complexity index is 1320. The number of likely N-dealkylation sites (tertiary alicyclic amines) is 1. The number of aromatic nitrogens is 2. The molecule has 3 heterocycles. The number of para-hydroxylation sites is 1. The van der Waals surface area contributed by atoms with Gasteiger partial charge in [0.25, 0.3) is 5.91 Å². The van der Waals surface area contributed by atoms with E-state index in [1.54, 1.807) is 0 Å². The Morgan fingerprint density at radius 2 is 1.86 bits per heavy atom. The third kappa shape index (κ3) is 5.06. The van der Waals surface area contributed by atoms with E-state index in [-0.39, 0.29) is 17.7 Å². The molecule has 0 aliphatic carbocycles. The van der Waals surface area contributed by atoms with Crippen molar-refractivity contribution in [3.63, 3.8) is 0 Å². The molecule has 0 saturated carbocycles. The van der Waals surface area contributed by atoms with Crippen LogP contribution in [0, 0.1) is 5.92 Å². The second-order valence-corrected chi connectivity index (χ2v) is 9.65.